The van der Waals surface area contributed by atoms with Crippen LogP contribution >= 0.6 is 22.9 Å². The van der Waals surface area contributed by atoms with E-state index in [4.69, 9.17) is 25.7 Å². The van der Waals surface area contributed by atoms with Crippen molar-refractivity contribution in [2.75, 3.05) is 44.3 Å². The Morgan fingerprint density at radius 3 is 2.85 bits per heavy atom. The second-order valence-electron chi connectivity index (χ2n) is 10.1. The van der Waals surface area contributed by atoms with Gasteiger partial charge in [0.05, 0.1) is 42.0 Å². The van der Waals surface area contributed by atoms with Crippen LogP contribution in [0.5, 0.6) is 0 Å². The van der Waals surface area contributed by atoms with Crippen LogP contribution < -0.4 is 4.90 Å². The molecule has 1 fully saturated rings. The molecule has 0 bridgehead atoms. The predicted octanol–water partition coefficient (Wildman–Crippen LogP) is 5.79. The fourth-order valence-corrected chi connectivity index (χ4v) is 7.09. The van der Waals surface area contributed by atoms with Gasteiger partial charge in [-0.05, 0) is 41.9 Å². The molecule has 0 radical (unpaired) electrons. The van der Waals surface area contributed by atoms with E-state index in [1.807, 2.05) is 6.26 Å². The van der Waals surface area contributed by atoms with Gasteiger partial charge in [-0.3, -0.25) is 4.90 Å². The van der Waals surface area contributed by atoms with Crippen LogP contribution in [0.3, 0.4) is 0 Å². The van der Waals surface area contributed by atoms with Crippen molar-refractivity contribution >= 4 is 43.7 Å². The lowest BCUT2D eigenvalue weighted by atomic mass is 9.69. The maximum absolute atomic E-state index is 6.58. The van der Waals surface area contributed by atoms with Crippen LogP contribution in [-0.2, 0) is 4.74 Å². The first-order valence-corrected chi connectivity index (χ1v) is 13.0. The minimum Gasteiger partial charge on any atom is -0.472 e. The number of furan rings is 1. The zero-order chi connectivity index (χ0) is 22.6. The number of nitrogens with zero attached hydrogens (tertiary/aromatic N) is 4. The standard InChI is InChI=1S/C25H29ClN4O2S/c1-25(2)5-3-17-18(13-25)19-20-22(23(26)28-15-27-20)33-24(19)30(21(17)16-4-10-32-14-16)7-6-29-8-11-31-12-9-29/h4,10,14-15,21H,3,5-9,11-13H2,1-2H3. The molecule has 5 heterocycles. The third-order valence-electron chi connectivity index (χ3n) is 7.35. The molecule has 0 N–H and O–H groups in total. The topological polar surface area (TPSA) is 54.6 Å². The number of halogens is 1. The molecule has 174 valence electrons. The van der Waals surface area contributed by atoms with Gasteiger partial charge in [0, 0.05) is 37.3 Å². The molecule has 6 nitrogen and oxygen atoms in total. The van der Waals surface area contributed by atoms with Gasteiger partial charge in [-0.1, -0.05) is 25.4 Å². The molecule has 3 aromatic heterocycles. The number of morpholine rings is 1. The van der Waals surface area contributed by atoms with E-state index in [1.54, 1.807) is 23.9 Å². The first kappa shape index (κ1) is 21.6. The van der Waals surface area contributed by atoms with E-state index < -0.39 is 0 Å². The van der Waals surface area contributed by atoms with E-state index in [0.717, 1.165) is 62.5 Å². The SMILES string of the molecule is CC1(C)CCC2=C(C1)c1c(sc3c(Cl)ncnc13)N(CCN1CCOCC1)C2c1ccoc1. The highest BCUT2D eigenvalue weighted by Crippen LogP contribution is 2.58. The molecule has 0 aromatic carbocycles. The van der Waals surface area contributed by atoms with Crippen LogP contribution in [0.1, 0.15) is 50.3 Å². The normalized spacial score (nSPS) is 23.1. The van der Waals surface area contributed by atoms with Crippen LogP contribution in [0.15, 0.2) is 34.9 Å². The Labute approximate surface area is 203 Å². The predicted molar refractivity (Wildman–Crippen MR) is 133 cm³/mol. The maximum atomic E-state index is 6.58. The molecule has 0 amide bonds. The minimum absolute atomic E-state index is 0.184. The number of anilines is 1. The molecule has 33 heavy (non-hydrogen) atoms. The quantitative estimate of drug-likeness (QED) is 0.436. The summed E-state index contributed by atoms with van der Waals surface area (Å²) < 4.78 is 12.1. The summed E-state index contributed by atoms with van der Waals surface area (Å²) in [7, 11) is 0. The number of aromatic nitrogens is 2. The van der Waals surface area contributed by atoms with Crippen LogP contribution in [0.4, 0.5) is 5.00 Å². The van der Waals surface area contributed by atoms with Gasteiger partial charge in [-0.2, -0.15) is 0 Å². The van der Waals surface area contributed by atoms with Crippen molar-refractivity contribution in [3.63, 3.8) is 0 Å². The zero-order valence-electron chi connectivity index (χ0n) is 19.1. The molecule has 1 atom stereocenters. The van der Waals surface area contributed by atoms with Gasteiger partial charge in [0.2, 0.25) is 0 Å². The van der Waals surface area contributed by atoms with Gasteiger partial charge in [0.25, 0.3) is 0 Å². The van der Waals surface area contributed by atoms with Crippen molar-refractivity contribution in [3.05, 3.63) is 46.8 Å². The summed E-state index contributed by atoms with van der Waals surface area (Å²) in [6, 6.07) is 2.31. The lowest BCUT2D eigenvalue weighted by Gasteiger charge is -2.45. The van der Waals surface area contributed by atoms with Crippen molar-refractivity contribution in [1.29, 1.82) is 0 Å². The summed E-state index contributed by atoms with van der Waals surface area (Å²) in [5.74, 6) is 0. The maximum Gasteiger partial charge on any atom is 0.150 e. The summed E-state index contributed by atoms with van der Waals surface area (Å²) in [4.78, 5) is 14.1. The fraction of sp³-hybridized carbons (Fsp3) is 0.520. The molecular formula is C25H29ClN4O2S. The summed E-state index contributed by atoms with van der Waals surface area (Å²) in [5, 5.41) is 1.81. The molecule has 1 saturated heterocycles. The van der Waals surface area contributed by atoms with Crippen LogP contribution in [0, 0.1) is 5.41 Å². The van der Waals surface area contributed by atoms with Crippen molar-refractivity contribution < 1.29 is 9.15 Å². The van der Waals surface area contributed by atoms with Crippen LogP contribution in [-0.4, -0.2) is 54.3 Å². The van der Waals surface area contributed by atoms with E-state index in [1.165, 1.54) is 33.7 Å². The molecule has 6 rings (SSSR count). The number of allylic oxidation sites excluding steroid dienone is 1. The largest absolute Gasteiger partial charge is 0.472 e. The van der Waals surface area contributed by atoms with E-state index in [0.29, 0.717) is 5.15 Å². The summed E-state index contributed by atoms with van der Waals surface area (Å²) >= 11 is 8.32. The Bertz CT molecular complexity index is 1200. The molecule has 3 aromatic rings. The number of hydrogen-bond donors (Lipinski definition) is 0. The average molecular weight is 485 g/mol. The summed E-state index contributed by atoms with van der Waals surface area (Å²) in [5.41, 5.74) is 6.74. The van der Waals surface area contributed by atoms with Crippen molar-refractivity contribution in [2.24, 2.45) is 5.41 Å². The Hall–Kier alpha value is -1.93. The molecule has 1 unspecified atom stereocenters. The van der Waals surface area contributed by atoms with Gasteiger partial charge in [0.1, 0.15) is 16.5 Å². The van der Waals surface area contributed by atoms with Gasteiger partial charge in [-0.15, -0.1) is 11.3 Å². The van der Waals surface area contributed by atoms with Crippen LogP contribution in [0.2, 0.25) is 5.15 Å². The minimum atomic E-state index is 0.184. The fourth-order valence-electron chi connectivity index (χ4n) is 5.62. The molecule has 0 spiro atoms. The van der Waals surface area contributed by atoms with Crippen LogP contribution in [0.25, 0.3) is 15.8 Å². The van der Waals surface area contributed by atoms with Crippen molar-refractivity contribution in [3.8, 4) is 0 Å². The Morgan fingerprint density at radius 1 is 1.21 bits per heavy atom. The Morgan fingerprint density at radius 2 is 2.06 bits per heavy atom. The van der Waals surface area contributed by atoms with Gasteiger partial charge in [0.15, 0.2) is 0 Å². The summed E-state index contributed by atoms with van der Waals surface area (Å²) in [6.07, 6.45) is 8.64. The number of ether oxygens (including phenoxy) is 1. The highest BCUT2D eigenvalue weighted by Gasteiger charge is 2.42. The van der Waals surface area contributed by atoms with Crippen molar-refractivity contribution in [2.45, 2.75) is 39.2 Å². The van der Waals surface area contributed by atoms with Gasteiger partial charge >= 0.3 is 0 Å². The molecule has 2 aliphatic heterocycles. The first-order chi connectivity index (χ1) is 16.0. The Kier molecular flexibility index (Phi) is 5.48. The van der Waals surface area contributed by atoms with E-state index >= 15 is 0 Å². The highest BCUT2D eigenvalue weighted by atomic mass is 35.5. The number of thiophene rings is 1. The zero-order valence-corrected chi connectivity index (χ0v) is 20.7. The average Bonchev–Trinajstić information content (AvgIpc) is 3.46. The Balaban J connectivity index is 1.51. The van der Waals surface area contributed by atoms with Crippen molar-refractivity contribution in [1.82, 2.24) is 14.9 Å². The molecular weight excluding hydrogens is 456 g/mol. The second-order valence-corrected chi connectivity index (χ2v) is 11.4. The molecule has 8 heteroatoms. The number of fused-ring (bicyclic) bond motifs is 4. The van der Waals surface area contributed by atoms with E-state index in [-0.39, 0.29) is 11.5 Å². The smallest absolute Gasteiger partial charge is 0.150 e. The number of hydrogen-bond acceptors (Lipinski definition) is 7. The first-order valence-electron chi connectivity index (χ1n) is 11.8. The lowest BCUT2D eigenvalue weighted by molar-refractivity contribution is 0.0390. The van der Waals surface area contributed by atoms with Gasteiger partial charge < -0.3 is 14.1 Å². The third-order valence-corrected chi connectivity index (χ3v) is 8.97. The van der Waals surface area contributed by atoms with E-state index in [2.05, 4.69) is 34.7 Å². The third kappa shape index (κ3) is 3.79. The number of rotatable bonds is 4. The van der Waals surface area contributed by atoms with E-state index in [9.17, 15) is 0 Å². The molecule has 1 aliphatic carbocycles. The molecule has 0 saturated carbocycles. The molecule has 3 aliphatic rings. The second kappa shape index (κ2) is 8.38. The summed E-state index contributed by atoms with van der Waals surface area (Å²) in [6.45, 7) is 10.3. The highest BCUT2D eigenvalue weighted by molar-refractivity contribution is 7.23. The van der Waals surface area contributed by atoms with Gasteiger partial charge in [-0.25, -0.2) is 9.97 Å². The lowest BCUT2D eigenvalue weighted by Crippen LogP contribution is -2.44. The monoisotopic (exact) mass is 484 g/mol.